The second-order valence-electron chi connectivity index (χ2n) is 5.88. The van der Waals surface area contributed by atoms with E-state index in [1.54, 1.807) is 0 Å². The Labute approximate surface area is 164 Å². The number of guanidine groups is 1. The second-order valence-corrected chi connectivity index (χ2v) is 7.89. The fourth-order valence-corrected chi connectivity index (χ4v) is 4.26. The lowest BCUT2D eigenvalue weighted by atomic mass is 10.2. The highest BCUT2D eigenvalue weighted by atomic mass is 79.9. The first-order valence-corrected chi connectivity index (χ1v) is 9.83. The van der Waals surface area contributed by atoms with Gasteiger partial charge in [0.05, 0.1) is 18.0 Å². The lowest BCUT2D eigenvalue weighted by Gasteiger charge is -2.19. The molecule has 0 spiro atoms. The Morgan fingerprint density at radius 3 is 2.58 bits per heavy atom. The number of rotatable bonds is 6. The van der Waals surface area contributed by atoms with E-state index in [4.69, 9.17) is 5.73 Å². The van der Waals surface area contributed by atoms with Gasteiger partial charge in [-0.05, 0) is 23.6 Å². The Morgan fingerprint density at radius 2 is 1.81 bits per heavy atom. The second kappa shape index (κ2) is 9.05. The molecule has 2 aromatic carbocycles. The normalized spacial score (nSPS) is 13.8. The van der Waals surface area contributed by atoms with Crippen molar-refractivity contribution in [1.82, 2.24) is 5.32 Å². The predicted octanol–water partition coefficient (Wildman–Crippen LogP) is 2.06. The Morgan fingerprint density at radius 1 is 1.12 bits per heavy atom. The maximum atomic E-state index is 12.6. The first kappa shape index (κ1) is 20.3. The molecule has 0 aliphatic carbocycles. The minimum Gasteiger partial charge on any atom is -0.370 e. The molecule has 0 bridgehead atoms. The molecule has 0 fully saturated rings. The van der Waals surface area contributed by atoms with Gasteiger partial charge >= 0.3 is 0 Å². The monoisotopic (exact) mass is 438 g/mol. The van der Waals surface area contributed by atoms with E-state index in [-0.39, 0.29) is 35.2 Å². The van der Waals surface area contributed by atoms with Crippen molar-refractivity contribution in [2.45, 2.75) is 13.0 Å². The zero-order valence-electron chi connectivity index (χ0n) is 14.3. The number of hydrogen-bond acceptors (Lipinski definition) is 3. The van der Waals surface area contributed by atoms with Gasteiger partial charge < -0.3 is 11.1 Å². The number of nitrogens with one attached hydrogen (secondary N) is 1. The smallest absolute Gasteiger partial charge is 0.236 e. The van der Waals surface area contributed by atoms with Crippen LogP contribution in [-0.2, 0) is 23.0 Å². The summed E-state index contributed by atoms with van der Waals surface area (Å²) >= 11 is 0. The van der Waals surface area contributed by atoms with E-state index in [1.165, 1.54) is 4.31 Å². The summed E-state index contributed by atoms with van der Waals surface area (Å²) in [6.45, 7) is 1.19. The number of para-hydroxylation sites is 1. The zero-order valence-corrected chi connectivity index (χ0v) is 16.9. The van der Waals surface area contributed by atoms with Crippen molar-refractivity contribution in [2.75, 3.05) is 23.1 Å². The number of benzene rings is 2. The molecule has 8 heteroatoms. The van der Waals surface area contributed by atoms with Crippen molar-refractivity contribution in [3.63, 3.8) is 0 Å². The number of halogens is 1. The van der Waals surface area contributed by atoms with Crippen molar-refractivity contribution < 1.29 is 8.42 Å². The summed E-state index contributed by atoms with van der Waals surface area (Å²) in [7, 11) is -3.38. The molecule has 0 unspecified atom stereocenters. The highest BCUT2D eigenvalue weighted by Gasteiger charge is 2.28. The number of sulfonamides is 1. The minimum atomic E-state index is -3.38. The average Bonchev–Trinajstić information content (AvgIpc) is 3.06. The Bertz CT molecular complexity index is 857. The van der Waals surface area contributed by atoms with Crippen LogP contribution < -0.4 is 15.4 Å². The van der Waals surface area contributed by atoms with Crippen LogP contribution in [0.4, 0.5) is 5.69 Å². The number of hydrogen-bond donors (Lipinski definition) is 2. The van der Waals surface area contributed by atoms with Crippen molar-refractivity contribution in [3.8, 4) is 0 Å². The van der Waals surface area contributed by atoms with Crippen LogP contribution in [0, 0.1) is 0 Å². The van der Waals surface area contributed by atoms with Gasteiger partial charge in [0.1, 0.15) is 0 Å². The van der Waals surface area contributed by atoms with Gasteiger partial charge in [-0.15, -0.1) is 17.0 Å². The maximum Gasteiger partial charge on any atom is 0.236 e. The minimum absolute atomic E-state index is 0. The summed E-state index contributed by atoms with van der Waals surface area (Å²) in [6, 6.07) is 17.4. The van der Waals surface area contributed by atoms with E-state index in [0.29, 0.717) is 13.1 Å². The van der Waals surface area contributed by atoms with Crippen LogP contribution in [0.1, 0.15) is 11.1 Å². The van der Waals surface area contributed by atoms with Gasteiger partial charge in [-0.3, -0.25) is 4.31 Å². The van der Waals surface area contributed by atoms with Crippen LogP contribution >= 0.6 is 17.0 Å². The molecule has 3 N–H and O–H groups in total. The fraction of sp³-hybridized carbons (Fsp3) is 0.278. The van der Waals surface area contributed by atoms with Crippen molar-refractivity contribution >= 4 is 38.7 Å². The van der Waals surface area contributed by atoms with E-state index < -0.39 is 10.0 Å². The number of nitrogens with zero attached hydrogens (tertiary/aromatic N) is 2. The molecule has 1 aliphatic heterocycles. The van der Waals surface area contributed by atoms with Crippen LogP contribution in [0.2, 0.25) is 0 Å². The average molecular weight is 439 g/mol. The number of anilines is 1. The standard InChI is InChI=1S/C18H22N4O2S.BrH/c19-18(21-14-15-6-2-1-3-7-15)20-11-13-25(23,24)22-12-10-16-8-4-5-9-17(16)22;/h1-9H,10-14H2,(H3,19,20,21);1H. The van der Waals surface area contributed by atoms with Gasteiger partial charge in [0.25, 0.3) is 0 Å². The fourth-order valence-electron chi connectivity index (χ4n) is 2.83. The molecular weight excluding hydrogens is 416 g/mol. The summed E-state index contributed by atoms with van der Waals surface area (Å²) in [5.74, 6) is 0.226. The van der Waals surface area contributed by atoms with Gasteiger partial charge in [0, 0.05) is 13.1 Å². The molecule has 2 aromatic rings. The van der Waals surface area contributed by atoms with Crippen LogP contribution in [-0.4, -0.2) is 33.2 Å². The van der Waals surface area contributed by atoms with Crippen molar-refractivity contribution in [1.29, 1.82) is 0 Å². The van der Waals surface area contributed by atoms with Gasteiger partial charge in [-0.1, -0.05) is 48.5 Å². The largest absolute Gasteiger partial charge is 0.370 e. The molecule has 0 saturated heterocycles. The van der Waals surface area contributed by atoms with Gasteiger partial charge in [0.2, 0.25) is 10.0 Å². The number of nitrogens with two attached hydrogens (primary N) is 1. The molecule has 0 radical (unpaired) electrons. The quantitative estimate of drug-likeness (QED) is 0.533. The molecule has 1 heterocycles. The highest BCUT2D eigenvalue weighted by molar-refractivity contribution is 8.93. The van der Waals surface area contributed by atoms with E-state index >= 15 is 0 Å². The van der Waals surface area contributed by atoms with E-state index in [2.05, 4.69) is 10.3 Å². The first-order valence-electron chi connectivity index (χ1n) is 8.22. The third-order valence-electron chi connectivity index (χ3n) is 4.12. The van der Waals surface area contributed by atoms with Crippen LogP contribution in [0.5, 0.6) is 0 Å². The van der Waals surface area contributed by atoms with E-state index in [1.807, 2.05) is 54.6 Å². The molecular formula is C18H23BrN4O2S. The van der Waals surface area contributed by atoms with Gasteiger partial charge in [-0.25, -0.2) is 13.4 Å². The van der Waals surface area contributed by atoms with Crippen LogP contribution in [0.25, 0.3) is 0 Å². The highest BCUT2D eigenvalue weighted by Crippen LogP contribution is 2.29. The number of fused-ring (bicyclic) bond motifs is 1. The molecule has 0 atom stereocenters. The topological polar surface area (TPSA) is 87.8 Å². The lowest BCUT2D eigenvalue weighted by Crippen LogP contribution is -2.39. The Balaban J connectivity index is 0.00000243. The third-order valence-corrected chi connectivity index (χ3v) is 5.89. The van der Waals surface area contributed by atoms with Gasteiger partial charge in [-0.2, -0.15) is 0 Å². The van der Waals surface area contributed by atoms with Crippen molar-refractivity contribution in [3.05, 3.63) is 65.7 Å². The summed E-state index contributed by atoms with van der Waals surface area (Å²) in [5, 5.41) is 2.88. The van der Waals surface area contributed by atoms with Gasteiger partial charge in [0.15, 0.2) is 5.96 Å². The molecule has 140 valence electrons. The third kappa shape index (κ3) is 4.98. The summed E-state index contributed by atoms with van der Waals surface area (Å²) in [6.07, 6.45) is 0.753. The predicted molar refractivity (Wildman–Crippen MR) is 111 cm³/mol. The summed E-state index contributed by atoms with van der Waals surface area (Å²) < 4.78 is 26.6. The molecule has 0 saturated carbocycles. The SMILES string of the molecule is Br.NC(=NCc1ccccc1)NCCS(=O)(=O)N1CCc2ccccc21. The Kier molecular flexibility index (Phi) is 7.05. The van der Waals surface area contributed by atoms with E-state index in [9.17, 15) is 8.42 Å². The molecule has 26 heavy (non-hydrogen) atoms. The van der Waals surface area contributed by atoms with Crippen molar-refractivity contribution in [2.24, 2.45) is 10.7 Å². The van der Waals surface area contributed by atoms with Crippen LogP contribution in [0.15, 0.2) is 59.6 Å². The molecule has 0 amide bonds. The Hall–Kier alpha value is -2.06. The molecule has 0 aromatic heterocycles. The summed E-state index contributed by atoms with van der Waals surface area (Å²) in [4.78, 5) is 4.22. The molecule has 3 rings (SSSR count). The molecule has 6 nitrogen and oxygen atoms in total. The zero-order chi connectivity index (χ0) is 17.7. The molecule has 1 aliphatic rings. The number of aliphatic imine (C=N–C) groups is 1. The summed E-state index contributed by atoms with van der Waals surface area (Å²) in [5.41, 5.74) is 8.72. The lowest BCUT2D eigenvalue weighted by molar-refractivity contribution is 0.591. The maximum absolute atomic E-state index is 12.6. The van der Waals surface area contributed by atoms with Crippen LogP contribution in [0.3, 0.4) is 0 Å². The first-order chi connectivity index (χ1) is 12.1. The van der Waals surface area contributed by atoms with E-state index in [0.717, 1.165) is 23.2 Å².